The maximum Gasteiger partial charge on any atom is 0.251 e. The molecule has 2 aromatic carbocycles. The highest BCUT2D eigenvalue weighted by molar-refractivity contribution is 5.94. The number of hydrogen-bond donors (Lipinski definition) is 2. The maximum absolute atomic E-state index is 12.5. The van der Waals surface area contributed by atoms with Gasteiger partial charge in [0.15, 0.2) is 0 Å². The van der Waals surface area contributed by atoms with Crippen molar-refractivity contribution in [2.45, 2.75) is 25.8 Å². The summed E-state index contributed by atoms with van der Waals surface area (Å²) in [4.78, 5) is 23.8. The van der Waals surface area contributed by atoms with Crippen LogP contribution < -0.4 is 20.3 Å². The van der Waals surface area contributed by atoms with Crippen LogP contribution in [-0.4, -0.2) is 42.1 Å². The van der Waals surface area contributed by atoms with E-state index in [-0.39, 0.29) is 11.9 Å². The predicted molar refractivity (Wildman–Crippen MR) is 122 cm³/mol. The van der Waals surface area contributed by atoms with E-state index in [9.17, 15) is 4.79 Å². The van der Waals surface area contributed by atoms with Crippen molar-refractivity contribution in [2.24, 2.45) is 0 Å². The summed E-state index contributed by atoms with van der Waals surface area (Å²) in [5, 5.41) is 6.46. The quantitative estimate of drug-likeness (QED) is 0.633. The number of nitrogens with one attached hydrogen (secondary N) is 2. The van der Waals surface area contributed by atoms with E-state index < -0.39 is 0 Å². The van der Waals surface area contributed by atoms with E-state index in [1.54, 1.807) is 13.3 Å². The highest BCUT2D eigenvalue weighted by Gasteiger charge is 2.23. The molecule has 1 aromatic heterocycles. The lowest BCUT2D eigenvalue weighted by Gasteiger charge is -2.32. The standard InChI is InChI=1S/C24H27N5O2/c1-17-4-3-5-18(16-17)23(30)27-20-11-14-29(15-12-20)24-25-13-10-22(28-24)26-19-6-8-21(31-2)9-7-19/h3-10,13,16,20H,11-12,14-15H2,1-2H3,(H,27,30)(H,25,26,28). The molecule has 0 bridgehead atoms. The average Bonchev–Trinajstić information content (AvgIpc) is 2.80. The summed E-state index contributed by atoms with van der Waals surface area (Å²) < 4.78 is 5.19. The topological polar surface area (TPSA) is 79.4 Å². The van der Waals surface area contributed by atoms with Crippen LogP contribution in [0.4, 0.5) is 17.5 Å². The first-order chi connectivity index (χ1) is 15.1. The first kappa shape index (κ1) is 20.7. The number of benzene rings is 2. The molecule has 0 aliphatic carbocycles. The van der Waals surface area contributed by atoms with Gasteiger partial charge < -0.3 is 20.3 Å². The van der Waals surface area contributed by atoms with Crippen molar-refractivity contribution in [3.8, 4) is 5.75 Å². The molecule has 0 unspecified atom stereocenters. The van der Waals surface area contributed by atoms with Crippen LogP contribution in [0.3, 0.4) is 0 Å². The van der Waals surface area contributed by atoms with Crippen LogP contribution in [0, 0.1) is 6.92 Å². The number of hydrogen-bond acceptors (Lipinski definition) is 6. The van der Waals surface area contributed by atoms with Gasteiger partial charge in [0, 0.05) is 36.6 Å². The minimum absolute atomic E-state index is 0.0101. The summed E-state index contributed by atoms with van der Waals surface area (Å²) in [7, 11) is 1.65. The van der Waals surface area contributed by atoms with Crippen LogP contribution in [0.2, 0.25) is 0 Å². The molecule has 1 aliphatic heterocycles. The number of rotatable bonds is 6. The Bertz CT molecular complexity index is 1030. The van der Waals surface area contributed by atoms with Gasteiger partial charge in [0.1, 0.15) is 11.6 Å². The molecule has 1 fully saturated rings. The van der Waals surface area contributed by atoms with Gasteiger partial charge in [-0.25, -0.2) is 4.98 Å². The molecule has 1 amide bonds. The lowest BCUT2D eigenvalue weighted by Crippen LogP contribution is -2.45. The van der Waals surface area contributed by atoms with Gasteiger partial charge >= 0.3 is 0 Å². The fraction of sp³-hybridized carbons (Fsp3) is 0.292. The molecule has 4 rings (SSSR count). The van der Waals surface area contributed by atoms with Crippen molar-refractivity contribution in [3.63, 3.8) is 0 Å². The van der Waals surface area contributed by atoms with Gasteiger partial charge in [-0.15, -0.1) is 0 Å². The molecule has 1 aliphatic rings. The normalized spacial score (nSPS) is 14.2. The molecule has 0 atom stereocenters. The maximum atomic E-state index is 12.5. The van der Waals surface area contributed by atoms with Crippen LogP contribution in [-0.2, 0) is 0 Å². The van der Waals surface area contributed by atoms with Gasteiger partial charge in [0.25, 0.3) is 5.91 Å². The average molecular weight is 418 g/mol. The smallest absolute Gasteiger partial charge is 0.251 e. The van der Waals surface area contributed by atoms with Crippen LogP contribution in [0.15, 0.2) is 60.8 Å². The van der Waals surface area contributed by atoms with E-state index in [4.69, 9.17) is 4.74 Å². The van der Waals surface area contributed by atoms with Crippen molar-refractivity contribution in [1.82, 2.24) is 15.3 Å². The second-order valence-corrected chi connectivity index (χ2v) is 7.70. The lowest BCUT2D eigenvalue weighted by atomic mass is 10.0. The van der Waals surface area contributed by atoms with E-state index in [0.717, 1.165) is 48.7 Å². The molecule has 1 saturated heterocycles. The number of carbonyl (C=O) groups is 1. The molecule has 0 spiro atoms. The van der Waals surface area contributed by atoms with Gasteiger partial charge in [-0.1, -0.05) is 17.7 Å². The lowest BCUT2D eigenvalue weighted by molar-refractivity contribution is 0.0931. The Morgan fingerprint density at radius 3 is 2.58 bits per heavy atom. The summed E-state index contributed by atoms with van der Waals surface area (Å²) >= 11 is 0. The molecular weight excluding hydrogens is 390 g/mol. The number of aryl methyl sites for hydroxylation is 1. The van der Waals surface area contributed by atoms with Crippen LogP contribution >= 0.6 is 0 Å². The molecule has 7 heteroatoms. The number of ether oxygens (including phenoxy) is 1. The van der Waals surface area contributed by atoms with Crippen molar-refractivity contribution in [2.75, 3.05) is 30.4 Å². The third kappa shape index (κ3) is 5.31. The van der Waals surface area contributed by atoms with Crippen molar-refractivity contribution in [3.05, 3.63) is 71.9 Å². The minimum Gasteiger partial charge on any atom is -0.497 e. The largest absolute Gasteiger partial charge is 0.497 e. The SMILES string of the molecule is COc1ccc(Nc2ccnc(N3CCC(NC(=O)c4cccc(C)c4)CC3)n2)cc1. The Labute approximate surface area is 182 Å². The number of carbonyl (C=O) groups excluding carboxylic acids is 1. The Balaban J connectivity index is 1.33. The zero-order valence-corrected chi connectivity index (χ0v) is 17.8. The minimum atomic E-state index is -0.0101. The van der Waals surface area contributed by atoms with Crippen LogP contribution in [0.1, 0.15) is 28.8 Å². The van der Waals surface area contributed by atoms with Gasteiger partial charge in [0.2, 0.25) is 5.95 Å². The second kappa shape index (κ2) is 9.47. The summed E-state index contributed by atoms with van der Waals surface area (Å²) in [6, 6.07) is 17.4. The summed E-state index contributed by atoms with van der Waals surface area (Å²) in [6.45, 7) is 3.59. The number of amides is 1. The number of anilines is 3. The Morgan fingerprint density at radius 2 is 1.87 bits per heavy atom. The van der Waals surface area contributed by atoms with Gasteiger partial charge in [0.05, 0.1) is 7.11 Å². The highest BCUT2D eigenvalue weighted by atomic mass is 16.5. The van der Waals surface area contributed by atoms with Crippen LogP contribution in [0.5, 0.6) is 5.75 Å². The van der Waals surface area contributed by atoms with E-state index in [0.29, 0.717) is 11.5 Å². The molecule has 7 nitrogen and oxygen atoms in total. The van der Waals surface area contributed by atoms with E-state index >= 15 is 0 Å². The monoisotopic (exact) mass is 417 g/mol. The molecule has 2 N–H and O–H groups in total. The fourth-order valence-electron chi connectivity index (χ4n) is 3.67. The molecule has 0 saturated carbocycles. The number of aromatic nitrogens is 2. The number of piperidine rings is 1. The van der Waals surface area contributed by atoms with Gasteiger partial charge in [-0.2, -0.15) is 4.98 Å². The van der Waals surface area contributed by atoms with Crippen LogP contribution in [0.25, 0.3) is 0 Å². The number of nitrogens with zero attached hydrogens (tertiary/aromatic N) is 3. The summed E-state index contributed by atoms with van der Waals surface area (Å²) in [5.41, 5.74) is 2.73. The highest BCUT2D eigenvalue weighted by Crippen LogP contribution is 2.21. The third-order valence-electron chi connectivity index (χ3n) is 5.40. The Hall–Kier alpha value is -3.61. The zero-order chi connectivity index (χ0) is 21.6. The first-order valence-corrected chi connectivity index (χ1v) is 10.5. The Kier molecular flexibility index (Phi) is 6.31. The first-order valence-electron chi connectivity index (χ1n) is 10.5. The van der Waals surface area contributed by atoms with Crippen molar-refractivity contribution < 1.29 is 9.53 Å². The number of methoxy groups -OCH3 is 1. The molecule has 160 valence electrons. The molecule has 2 heterocycles. The van der Waals surface area contributed by atoms with E-state index in [2.05, 4.69) is 25.5 Å². The predicted octanol–water partition coefficient (Wildman–Crippen LogP) is 3.94. The molecule has 31 heavy (non-hydrogen) atoms. The summed E-state index contributed by atoms with van der Waals surface area (Å²) in [5.74, 6) is 2.24. The molecular formula is C24H27N5O2. The van der Waals surface area contributed by atoms with E-state index in [1.807, 2.05) is 61.5 Å². The van der Waals surface area contributed by atoms with Gasteiger partial charge in [-0.3, -0.25) is 4.79 Å². The molecule has 3 aromatic rings. The fourth-order valence-corrected chi connectivity index (χ4v) is 3.67. The summed E-state index contributed by atoms with van der Waals surface area (Å²) in [6.07, 6.45) is 3.48. The Morgan fingerprint density at radius 1 is 1.10 bits per heavy atom. The zero-order valence-electron chi connectivity index (χ0n) is 17.8. The van der Waals surface area contributed by atoms with Crippen molar-refractivity contribution in [1.29, 1.82) is 0 Å². The van der Waals surface area contributed by atoms with Crippen molar-refractivity contribution >= 4 is 23.4 Å². The second-order valence-electron chi connectivity index (χ2n) is 7.70. The molecule has 0 radical (unpaired) electrons. The third-order valence-corrected chi connectivity index (χ3v) is 5.40. The van der Waals surface area contributed by atoms with E-state index in [1.165, 1.54) is 0 Å². The van der Waals surface area contributed by atoms with Gasteiger partial charge in [-0.05, 0) is 62.2 Å².